The van der Waals surface area contributed by atoms with Crippen molar-refractivity contribution in [1.29, 1.82) is 0 Å². The zero-order valence-electron chi connectivity index (χ0n) is 10.5. The van der Waals surface area contributed by atoms with E-state index in [1.54, 1.807) is 6.92 Å². The summed E-state index contributed by atoms with van der Waals surface area (Å²) in [7, 11) is 0. The fourth-order valence-corrected chi connectivity index (χ4v) is 1.54. The van der Waals surface area contributed by atoms with E-state index in [-0.39, 0.29) is 18.9 Å². The second kappa shape index (κ2) is 7.72. The highest BCUT2D eigenvalue weighted by atomic mass is 19.3. The number of rotatable bonds is 9. The fourth-order valence-electron chi connectivity index (χ4n) is 1.54. The molecule has 1 aromatic rings. The van der Waals surface area contributed by atoms with Crippen LogP contribution in [0.15, 0.2) is 0 Å². The van der Waals surface area contributed by atoms with Crippen LogP contribution in [0.4, 0.5) is 8.78 Å². The Balaban J connectivity index is 2.39. The van der Waals surface area contributed by atoms with E-state index in [1.807, 2.05) is 0 Å². The fraction of sp³-hybridized carbons (Fsp3) is 0.800. The maximum absolute atomic E-state index is 11.8. The van der Waals surface area contributed by atoms with Gasteiger partial charge in [0.05, 0.1) is 6.61 Å². The van der Waals surface area contributed by atoms with Crippen molar-refractivity contribution in [3.8, 4) is 0 Å². The Hall–Kier alpha value is -1.64. The van der Waals surface area contributed by atoms with Crippen LogP contribution >= 0.6 is 0 Å². The Morgan fingerprint density at radius 3 is 2.89 bits per heavy atom. The van der Waals surface area contributed by atoms with Crippen molar-refractivity contribution in [2.75, 3.05) is 13.2 Å². The van der Waals surface area contributed by atoms with Gasteiger partial charge in [-0.05, 0) is 16.3 Å². The molecule has 0 fully saturated rings. The third-order valence-corrected chi connectivity index (χ3v) is 2.33. The molecule has 0 aliphatic carbocycles. The normalized spacial score (nSPS) is 12.8. The monoisotopic (exact) mass is 278 g/mol. The molecular weight excluding hydrogens is 262 g/mol. The average Bonchev–Trinajstić information content (AvgIpc) is 2.70. The molecule has 1 rings (SSSR count). The Morgan fingerprint density at radius 1 is 1.53 bits per heavy atom. The number of tetrazole rings is 1. The van der Waals surface area contributed by atoms with Gasteiger partial charge < -0.3 is 9.84 Å². The first-order chi connectivity index (χ1) is 8.99. The summed E-state index contributed by atoms with van der Waals surface area (Å²) in [4.78, 5) is 10.5. The topological polar surface area (TPSA) is 90.1 Å². The van der Waals surface area contributed by atoms with Crippen LogP contribution in [0.3, 0.4) is 0 Å². The van der Waals surface area contributed by atoms with Gasteiger partial charge >= 0.3 is 5.97 Å². The van der Waals surface area contributed by atoms with Gasteiger partial charge in [-0.1, -0.05) is 6.92 Å². The first-order valence-corrected chi connectivity index (χ1v) is 5.81. The standard InChI is InChI=1S/C10H16F2N4O3/c1-7(4-10(17)18)5-16-9(13-14-15-16)2-3-19-6-8(11)12/h7-8H,2-6H2,1H3,(H,17,18). The van der Waals surface area contributed by atoms with Gasteiger partial charge in [0.2, 0.25) is 0 Å². The van der Waals surface area contributed by atoms with Gasteiger partial charge in [-0.15, -0.1) is 5.10 Å². The zero-order valence-corrected chi connectivity index (χ0v) is 10.5. The Labute approximate surface area is 108 Å². The molecular formula is C10H16F2N4O3. The highest BCUT2D eigenvalue weighted by molar-refractivity contribution is 5.66. The van der Waals surface area contributed by atoms with Gasteiger partial charge in [0.1, 0.15) is 6.61 Å². The van der Waals surface area contributed by atoms with E-state index in [1.165, 1.54) is 4.68 Å². The van der Waals surface area contributed by atoms with E-state index in [0.717, 1.165) is 0 Å². The van der Waals surface area contributed by atoms with Crippen molar-refractivity contribution in [3.63, 3.8) is 0 Å². The smallest absolute Gasteiger partial charge is 0.303 e. The molecule has 108 valence electrons. The number of hydrogen-bond donors (Lipinski definition) is 1. The summed E-state index contributed by atoms with van der Waals surface area (Å²) in [6.07, 6.45) is -2.17. The maximum Gasteiger partial charge on any atom is 0.303 e. The number of alkyl halides is 2. The molecule has 0 saturated heterocycles. The molecule has 9 heteroatoms. The third kappa shape index (κ3) is 6.18. The van der Waals surface area contributed by atoms with Crippen LogP contribution in [-0.2, 0) is 22.5 Å². The van der Waals surface area contributed by atoms with Gasteiger partial charge in [0, 0.05) is 19.4 Å². The highest BCUT2D eigenvalue weighted by Crippen LogP contribution is 2.06. The molecule has 0 aliphatic heterocycles. The first-order valence-electron chi connectivity index (χ1n) is 5.81. The molecule has 1 aromatic heterocycles. The molecule has 0 amide bonds. The van der Waals surface area contributed by atoms with Gasteiger partial charge in [0.25, 0.3) is 6.43 Å². The number of hydrogen-bond acceptors (Lipinski definition) is 5. The molecule has 0 aromatic carbocycles. The maximum atomic E-state index is 11.8. The minimum atomic E-state index is -2.49. The van der Waals surface area contributed by atoms with Crippen molar-refractivity contribution < 1.29 is 23.4 Å². The van der Waals surface area contributed by atoms with Crippen LogP contribution in [0.25, 0.3) is 0 Å². The van der Waals surface area contributed by atoms with E-state index in [9.17, 15) is 13.6 Å². The molecule has 7 nitrogen and oxygen atoms in total. The van der Waals surface area contributed by atoms with Crippen molar-refractivity contribution in [3.05, 3.63) is 5.82 Å². The van der Waals surface area contributed by atoms with E-state index < -0.39 is 19.0 Å². The van der Waals surface area contributed by atoms with Crippen molar-refractivity contribution in [2.45, 2.75) is 32.7 Å². The highest BCUT2D eigenvalue weighted by Gasteiger charge is 2.13. The summed E-state index contributed by atoms with van der Waals surface area (Å²) in [6.45, 7) is 1.62. The van der Waals surface area contributed by atoms with Gasteiger partial charge in [-0.2, -0.15) is 0 Å². The summed E-state index contributed by atoms with van der Waals surface area (Å²) in [5, 5.41) is 19.6. The molecule has 1 heterocycles. The van der Waals surface area contributed by atoms with E-state index >= 15 is 0 Å². The zero-order chi connectivity index (χ0) is 14.3. The predicted octanol–water partition coefficient (Wildman–Crippen LogP) is 0.608. The van der Waals surface area contributed by atoms with Crippen LogP contribution in [-0.4, -0.2) is 50.9 Å². The van der Waals surface area contributed by atoms with Gasteiger partial charge in [-0.3, -0.25) is 4.79 Å². The molecule has 0 aliphatic rings. The van der Waals surface area contributed by atoms with Crippen LogP contribution in [0.2, 0.25) is 0 Å². The summed E-state index contributed by atoms with van der Waals surface area (Å²) in [6, 6.07) is 0. The summed E-state index contributed by atoms with van der Waals surface area (Å²) >= 11 is 0. The van der Waals surface area contributed by atoms with E-state index in [4.69, 9.17) is 9.84 Å². The third-order valence-electron chi connectivity index (χ3n) is 2.33. The number of aromatic nitrogens is 4. The SMILES string of the molecule is CC(CC(=O)O)Cn1nnnc1CCOCC(F)F. The lowest BCUT2D eigenvalue weighted by atomic mass is 10.1. The molecule has 0 bridgehead atoms. The minimum absolute atomic E-state index is 0.0151. The second-order valence-corrected chi connectivity index (χ2v) is 4.20. The molecule has 19 heavy (non-hydrogen) atoms. The van der Waals surface area contributed by atoms with Crippen molar-refractivity contribution in [1.82, 2.24) is 20.2 Å². The molecule has 0 radical (unpaired) electrons. The summed E-state index contributed by atoms with van der Waals surface area (Å²) in [5.41, 5.74) is 0. The lowest BCUT2D eigenvalue weighted by Gasteiger charge is -2.10. The Morgan fingerprint density at radius 2 is 2.26 bits per heavy atom. The lowest BCUT2D eigenvalue weighted by Crippen LogP contribution is -2.16. The van der Waals surface area contributed by atoms with Crippen molar-refractivity contribution >= 4 is 5.97 Å². The number of halogens is 2. The molecule has 1 N–H and O–H groups in total. The Bertz CT molecular complexity index is 400. The lowest BCUT2D eigenvalue weighted by molar-refractivity contribution is -0.138. The second-order valence-electron chi connectivity index (χ2n) is 4.20. The van der Waals surface area contributed by atoms with Crippen LogP contribution in [0.5, 0.6) is 0 Å². The van der Waals surface area contributed by atoms with Crippen molar-refractivity contribution in [2.24, 2.45) is 5.92 Å². The van der Waals surface area contributed by atoms with Crippen LogP contribution in [0.1, 0.15) is 19.2 Å². The van der Waals surface area contributed by atoms with Crippen LogP contribution < -0.4 is 0 Å². The number of carbonyl (C=O) groups is 1. The van der Waals surface area contributed by atoms with Gasteiger partial charge in [-0.25, -0.2) is 13.5 Å². The number of nitrogens with zero attached hydrogens (tertiary/aromatic N) is 4. The molecule has 1 atom stereocenters. The molecule has 0 saturated carbocycles. The largest absolute Gasteiger partial charge is 0.481 e. The molecule has 0 spiro atoms. The first kappa shape index (κ1) is 15.4. The minimum Gasteiger partial charge on any atom is -0.481 e. The van der Waals surface area contributed by atoms with Crippen LogP contribution in [0, 0.1) is 5.92 Å². The number of ether oxygens (including phenoxy) is 1. The summed E-state index contributed by atoms with van der Waals surface area (Å²) in [5.74, 6) is -0.518. The number of carboxylic acid groups (broad SMARTS) is 1. The van der Waals surface area contributed by atoms with E-state index in [2.05, 4.69) is 15.5 Å². The molecule has 1 unspecified atom stereocenters. The van der Waals surface area contributed by atoms with E-state index in [0.29, 0.717) is 18.8 Å². The quantitative estimate of drug-likeness (QED) is 0.665. The Kier molecular flexibility index (Phi) is 6.26. The predicted molar refractivity (Wildman–Crippen MR) is 59.8 cm³/mol. The summed E-state index contributed by atoms with van der Waals surface area (Å²) < 4.78 is 29.9. The number of carboxylic acids is 1. The van der Waals surface area contributed by atoms with Gasteiger partial charge in [0.15, 0.2) is 5.82 Å². The average molecular weight is 278 g/mol. The number of aliphatic carboxylic acids is 1.